The monoisotopic (exact) mass is 782 g/mol. The molecular weight excluding hydrogens is 705 g/mol. The largest absolute Gasteiger partial charge is 0.472 e. The Balaban J connectivity index is 4.37. The Morgan fingerprint density at radius 2 is 1.20 bits per heavy atom. The van der Waals surface area contributed by atoms with E-state index in [-0.39, 0.29) is 32.6 Å². The number of aliphatic hydroxyl groups is 1. The van der Waals surface area contributed by atoms with Crippen LogP contribution in [0.2, 0.25) is 0 Å². The Hall–Kier alpha value is -2.33. The van der Waals surface area contributed by atoms with Crippen LogP contribution in [0.5, 0.6) is 0 Å². The first-order valence-corrected chi connectivity index (χ1v) is 22.4. The van der Waals surface area contributed by atoms with Gasteiger partial charge in [-0.05, 0) is 70.6 Å². The van der Waals surface area contributed by atoms with E-state index in [2.05, 4.69) is 32.1 Å². The van der Waals surface area contributed by atoms with E-state index < -0.39 is 38.6 Å². The van der Waals surface area contributed by atoms with Crippen LogP contribution in [-0.2, 0) is 32.7 Å². The van der Waals surface area contributed by atoms with Crippen molar-refractivity contribution in [1.29, 1.82) is 0 Å². The fraction of sp³-hybridized carbons (Fsp3) is 0.721. The molecule has 0 aliphatic carbocycles. The van der Waals surface area contributed by atoms with Crippen molar-refractivity contribution in [3.05, 3.63) is 60.8 Å². The van der Waals surface area contributed by atoms with Gasteiger partial charge in [0.2, 0.25) is 0 Å². The van der Waals surface area contributed by atoms with E-state index in [4.69, 9.17) is 24.3 Å². The summed E-state index contributed by atoms with van der Waals surface area (Å²) in [6.45, 7) is 3.51. The van der Waals surface area contributed by atoms with Crippen LogP contribution in [0.4, 0.5) is 0 Å². The first-order chi connectivity index (χ1) is 26.2. The van der Waals surface area contributed by atoms with Gasteiger partial charge < -0.3 is 25.2 Å². The van der Waals surface area contributed by atoms with Crippen LogP contribution in [-0.4, -0.2) is 60.5 Å². The zero-order valence-electron chi connectivity index (χ0n) is 33.8. The Morgan fingerprint density at radius 1 is 0.648 bits per heavy atom. The van der Waals surface area contributed by atoms with E-state index in [1.807, 2.05) is 36.5 Å². The van der Waals surface area contributed by atoms with Gasteiger partial charge in [-0.2, -0.15) is 0 Å². The summed E-state index contributed by atoms with van der Waals surface area (Å²) >= 11 is 0. The molecule has 1 unspecified atom stereocenters. The fourth-order valence-electron chi connectivity index (χ4n) is 5.29. The van der Waals surface area contributed by atoms with Crippen molar-refractivity contribution in [2.45, 2.75) is 174 Å². The molecular formula is C43H76NO9P. The number of hydrogen-bond acceptors (Lipinski definition) is 9. The summed E-state index contributed by atoms with van der Waals surface area (Å²) in [5, 5.41) is 10.0. The number of hydrogen-bond donors (Lipinski definition) is 3. The lowest BCUT2D eigenvalue weighted by Crippen LogP contribution is -2.29. The lowest BCUT2D eigenvalue weighted by molar-refractivity contribution is -0.161. The maximum Gasteiger partial charge on any atom is 0.472 e. The summed E-state index contributed by atoms with van der Waals surface area (Å²) in [4.78, 5) is 34.8. The third kappa shape index (κ3) is 38.0. The zero-order chi connectivity index (χ0) is 39.8. The zero-order valence-corrected chi connectivity index (χ0v) is 34.7. The quantitative estimate of drug-likeness (QED) is 0.0181. The normalized spacial score (nSPS) is 14.5. The van der Waals surface area contributed by atoms with Crippen molar-refractivity contribution < 1.29 is 42.7 Å². The predicted octanol–water partition coefficient (Wildman–Crippen LogP) is 10.7. The molecule has 0 bridgehead atoms. The summed E-state index contributed by atoms with van der Waals surface area (Å²) in [6, 6.07) is 0. The molecule has 0 fully saturated rings. The van der Waals surface area contributed by atoms with E-state index in [1.165, 1.54) is 64.2 Å². The maximum atomic E-state index is 12.5. The van der Waals surface area contributed by atoms with Crippen molar-refractivity contribution in [2.24, 2.45) is 5.73 Å². The van der Waals surface area contributed by atoms with Gasteiger partial charge in [0.15, 0.2) is 6.10 Å². The third-order valence-corrected chi connectivity index (χ3v) is 9.44. The van der Waals surface area contributed by atoms with E-state index >= 15 is 0 Å². The highest BCUT2D eigenvalue weighted by molar-refractivity contribution is 7.47. The highest BCUT2D eigenvalue weighted by atomic mass is 31.2. The van der Waals surface area contributed by atoms with Gasteiger partial charge in [-0.15, -0.1) is 0 Å². The summed E-state index contributed by atoms with van der Waals surface area (Å²) in [5.41, 5.74) is 5.33. The number of phosphoric ester groups is 1. The standard InChI is InChI=1S/C43H76NO9P/c1-3-5-7-9-11-12-13-14-15-16-17-18-22-26-30-34-42(46)50-38-41(39-52-54(48,49)51-37-36-44)53-43(47)35-31-27-23-20-19-21-25-29-33-40(45)32-28-24-10-8-6-4-2/h14-15,20-21,23-25,28-29,33,40-41,45H,3-13,16-19,22,26-27,30-32,34-39,44H2,1-2H3,(H,48,49)/b15-14-,23-20-,25-21-,28-24-,33-29+/t40-,41+/m0/s1. The topological polar surface area (TPSA) is 155 Å². The number of phosphoric acid groups is 1. The number of carbonyl (C=O) groups excluding carboxylic acids is 2. The fourth-order valence-corrected chi connectivity index (χ4v) is 6.06. The number of esters is 2. The molecule has 0 aliphatic rings. The van der Waals surface area contributed by atoms with Gasteiger partial charge in [-0.1, -0.05) is 139 Å². The van der Waals surface area contributed by atoms with E-state index in [0.717, 1.165) is 44.9 Å². The van der Waals surface area contributed by atoms with Gasteiger partial charge in [-0.25, -0.2) is 4.57 Å². The average Bonchev–Trinajstić information content (AvgIpc) is 3.15. The van der Waals surface area contributed by atoms with Crippen LogP contribution in [0.3, 0.4) is 0 Å². The lowest BCUT2D eigenvalue weighted by Gasteiger charge is -2.19. The molecule has 10 nitrogen and oxygen atoms in total. The number of nitrogens with two attached hydrogens (primary N) is 1. The summed E-state index contributed by atoms with van der Waals surface area (Å²) in [7, 11) is -4.41. The Morgan fingerprint density at radius 3 is 1.89 bits per heavy atom. The highest BCUT2D eigenvalue weighted by Crippen LogP contribution is 2.43. The lowest BCUT2D eigenvalue weighted by atomic mass is 10.1. The van der Waals surface area contributed by atoms with Crippen molar-refractivity contribution in [1.82, 2.24) is 0 Å². The van der Waals surface area contributed by atoms with E-state index in [0.29, 0.717) is 25.7 Å². The molecule has 0 aromatic rings. The summed E-state index contributed by atoms with van der Waals surface area (Å²) in [5.74, 6) is -0.947. The molecule has 0 heterocycles. The van der Waals surface area contributed by atoms with Gasteiger partial charge in [0, 0.05) is 19.4 Å². The Labute approximate surface area is 328 Å². The second kappa shape index (κ2) is 38.9. The Kier molecular flexibility index (Phi) is 37.2. The van der Waals surface area contributed by atoms with Gasteiger partial charge in [-0.3, -0.25) is 18.6 Å². The van der Waals surface area contributed by atoms with Gasteiger partial charge in [0.25, 0.3) is 0 Å². The average molecular weight is 782 g/mol. The first kappa shape index (κ1) is 51.7. The minimum Gasteiger partial charge on any atom is -0.462 e. The number of unbranched alkanes of at least 4 members (excludes halogenated alkanes) is 15. The van der Waals surface area contributed by atoms with Crippen LogP contribution in [0.1, 0.15) is 162 Å². The van der Waals surface area contributed by atoms with E-state index in [9.17, 15) is 24.2 Å². The number of allylic oxidation sites excluding steroid dienone is 8. The van der Waals surface area contributed by atoms with Crippen molar-refractivity contribution in [2.75, 3.05) is 26.4 Å². The molecule has 54 heavy (non-hydrogen) atoms. The molecule has 4 N–H and O–H groups in total. The summed E-state index contributed by atoms with van der Waals surface area (Å²) in [6.07, 6.45) is 41.4. The van der Waals surface area contributed by atoms with Crippen LogP contribution in [0, 0.1) is 0 Å². The van der Waals surface area contributed by atoms with Crippen LogP contribution in [0.25, 0.3) is 0 Å². The van der Waals surface area contributed by atoms with Crippen molar-refractivity contribution in [3.63, 3.8) is 0 Å². The molecule has 0 radical (unpaired) electrons. The van der Waals surface area contributed by atoms with Gasteiger partial charge >= 0.3 is 19.8 Å². The van der Waals surface area contributed by atoms with Gasteiger partial charge in [0.1, 0.15) is 6.61 Å². The molecule has 11 heteroatoms. The molecule has 0 spiro atoms. The molecule has 0 amide bonds. The maximum absolute atomic E-state index is 12.5. The highest BCUT2D eigenvalue weighted by Gasteiger charge is 2.25. The molecule has 0 aromatic heterocycles. The van der Waals surface area contributed by atoms with Crippen molar-refractivity contribution in [3.8, 4) is 0 Å². The SMILES string of the molecule is CCCCC/C=C\C[C@H](O)/C=C/C=C\C/C=C\CCCC(=O)O[C@H](COC(=O)CCCCCCC/C=C\CCCCCCCC)COP(=O)(O)OCCN. The third-order valence-electron chi connectivity index (χ3n) is 8.46. The molecule has 0 aromatic carbocycles. The Bertz CT molecular complexity index is 1090. The molecule has 0 aliphatic heterocycles. The molecule has 3 atom stereocenters. The predicted molar refractivity (Wildman–Crippen MR) is 221 cm³/mol. The van der Waals surface area contributed by atoms with Gasteiger partial charge in [0.05, 0.1) is 19.3 Å². The summed E-state index contributed by atoms with van der Waals surface area (Å²) < 4.78 is 32.6. The van der Waals surface area contributed by atoms with E-state index in [1.54, 1.807) is 6.08 Å². The minimum atomic E-state index is -4.41. The molecule has 0 saturated carbocycles. The van der Waals surface area contributed by atoms with Crippen LogP contribution in [0.15, 0.2) is 60.8 Å². The number of aliphatic hydroxyl groups excluding tert-OH is 1. The number of ether oxygens (including phenoxy) is 2. The smallest absolute Gasteiger partial charge is 0.462 e. The second-order valence-corrected chi connectivity index (χ2v) is 15.2. The minimum absolute atomic E-state index is 0.0313. The number of rotatable bonds is 38. The molecule has 312 valence electrons. The van der Waals surface area contributed by atoms with Crippen LogP contribution >= 0.6 is 7.82 Å². The molecule has 0 rings (SSSR count). The van der Waals surface area contributed by atoms with Crippen molar-refractivity contribution >= 4 is 19.8 Å². The van der Waals surface area contributed by atoms with Crippen LogP contribution < -0.4 is 5.73 Å². The second-order valence-electron chi connectivity index (χ2n) is 13.7. The first-order valence-electron chi connectivity index (χ1n) is 20.9. The molecule has 0 saturated heterocycles. The number of carbonyl (C=O) groups is 2.